The summed E-state index contributed by atoms with van der Waals surface area (Å²) in [5.41, 5.74) is -1.48. The lowest BCUT2D eigenvalue weighted by Gasteiger charge is -2.27. The van der Waals surface area contributed by atoms with E-state index >= 15 is 0 Å². The summed E-state index contributed by atoms with van der Waals surface area (Å²) in [6, 6.07) is 6.71. The Balaban J connectivity index is 2.20. The zero-order valence-electron chi connectivity index (χ0n) is 14.9. The summed E-state index contributed by atoms with van der Waals surface area (Å²) >= 11 is 0. The fourth-order valence-corrected chi connectivity index (χ4v) is 4.20. The number of benzene rings is 1. The highest BCUT2D eigenvalue weighted by molar-refractivity contribution is 7.53. The zero-order valence-corrected chi connectivity index (χ0v) is 15.8. The number of ether oxygens (including phenoxy) is 1. The van der Waals surface area contributed by atoms with Gasteiger partial charge in [0.1, 0.15) is 5.75 Å². The van der Waals surface area contributed by atoms with Gasteiger partial charge in [0, 0.05) is 6.04 Å². The van der Waals surface area contributed by atoms with Crippen molar-refractivity contribution in [1.82, 2.24) is 4.90 Å². The lowest BCUT2D eigenvalue weighted by Crippen LogP contribution is -2.43. The first kappa shape index (κ1) is 21.4. The molecule has 0 saturated carbocycles. The first-order valence-electron chi connectivity index (χ1n) is 8.66. The Bertz CT molecular complexity index is 710. The Kier molecular flexibility index (Phi) is 7.00. The minimum atomic E-state index is -5.24. The first-order chi connectivity index (χ1) is 12.6. The van der Waals surface area contributed by atoms with Crippen LogP contribution in [-0.4, -0.2) is 61.7 Å². The minimum Gasteiger partial charge on any atom is -0.480 e. The van der Waals surface area contributed by atoms with E-state index in [1.807, 2.05) is 0 Å². The number of hydrogen-bond acceptors (Lipinski definition) is 5. The van der Waals surface area contributed by atoms with Crippen molar-refractivity contribution < 1.29 is 38.9 Å². The van der Waals surface area contributed by atoms with Crippen LogP contribution >= 0.6 is 7.60 Å². The Morgan fingerprint density at radius 3 is 2.07 bits per heavy atom. The Hall–Kier alpha value is -1.93. The maximum Gasteiger partial charge on any atom is 0.346 e. The molecule has 10 heteroatoms. The number of rotatable bonds is 9. The van der Waals surface area contributed by atoms with Crippen molar-refractivity contribution in [3.63, 3.8) is 0 Å². The molecule has 0 amide bonds. The second kappa shape index (κ2) is 8.84. The first-order valence-corrected chi connectivity index (χ1v) is 10.3. The topological polar surface area (TPSA) is 145 Å². The van der Waals surface area contributed by atoms with Crippen LogP contribution in [0.5, 0.6) is 5.75 Å². The van der Waals surface area contributed by atoms with Crippen molar-refractivity contribution in [2.75, 3.05) is 13.1 Å². The van der Waals surface area contributed by atoms with E-state index in [1.54, 1.807) is 12.1 Å². The molecule has 1 fully saturated rings. The van der Waals surface area contributed by atoms with E-state index in [9.17, 15) is 29.0 Å². The van der Waals surface area contributed by atoms with Gasteiger partial charge in [-0.1, -0.05) is 19.1 Å². The lowest BCUT2D eigenvalue weighted by molar-refractivity contribution is -0.151. The van der Waals surface area contributed by atoms with E-state index < -0.39 is 31.3 Å². The van der Waals surface area contributed by atoms with Crippen LogP contribution in [0.2, 0.25) is 0 Å². The monoisotopic (exact) mass is 401 g/mol. The third-order valence-electron chi connectivity index (χ3n) is 4.64. The van der Waals surface area contributed by atoms with Gasteiger partial charge in [-0.25, -0.2) is 4.79 Å². The SMILES string of the molecule is CCC(c1ccc(OC(C(=O)O)C(C(=O)O)P(=O)(O)O)cc1)N1CCCC1. The van der Waals surface area contributed by atoms with Gasteiger partial charge in [-0.3, -0.25) is 14.3 Å². The third-order valence-corrected chi connectivity index (χ3v) is 5.86. The molecule has 1 saturated heterocycles. The molecule has 9 nitrogen and oxygen atoms in total. The molecule has 1 aliphatic rings. The highest BCUT2D eigenvalue weighted by Crippen LogP contribution is 2.44. The molecular formula is C17H24NO8P. The van der Waals surface area contributed by atoms with Crippen molar-refractivity contribution in [3.05, 3.63) is 29.8 Å². The van der Waals surface area contributed by atoms with Crippen LogP contribution in [0.1, 0.15) is 37.8 Å². The summed E-state index contributed by atoms with van der Waals surface area (Å²) in [7, 11) is -5.24. The molecular weight excluding hydrogens is 377 g/mol. The maximum absolute atomic E-state index is 11.4. The molecule has 0 spiro atoms. The van der Waals surface area contributed by atoms with Gasteiger partial charge in [0.15, 0.2) is 0 Å². The Morgan fingerprint density at radius 1 is 1.11 bits per heavy atom. The van der Waals surface area contributed by atoms with Crippen LogP contribution in [-0.2, 0) is 14.2 Å². The van der Waals surface area contributed by atoms with E-state index in [4.69, 9.17) is 9.84 Å². The van der Waals surface area contributed by atoms with Crippen LogP contribution in [0.15, 0.2) is 24.3 Å². The van der Waals surface area contributed by atoms with Gasteiger partial charge < -0.3 is 24.7 Å². The molecule has 1 aromatic rings. The van der Waals surface area contributed by atoms with E-state index in [-0.39, 0.29) is 11.8 Å². The molecule has 150 valence electrons. The molecule has 4 N–H and O–H groups in total. The van der Waals surface area contributed by atoms with Gasteiger partial charge in [-0.05, 0) is 50.0 Å². The lowest BCUT2D eigenvalue weighted by atomic mass is 10.0. The molecule has 1 aliphatic heterocycles. The Morgan fingerprint density at radius 2 is 1.67 bits per heavy atom. The molecule has 0 bridgehead atoms. The average molecular weight is 401 g/mol. The molecule has 2 rings (SSSR count). The normalized spacial score (nSPS) is 18.6. The quantitative estimate of drug-likeness (QED) is 0.454. The average Bonchev–Trinajstić information content (AvgIpc) is 3.09. The molecule has 0 aromatic heterocycles. The third kappa shape index (κ3) is 5.29. The fourth-order valence-electron chi connectivity index (χ4n) is 3.37. The van der Waals surface area contributed by atoms with Crippen LogP contribution in [0.4, 0.5) is 0 Å². The van der Waals surface area contributed by atoms with E-state index in [2.05, 4.69) is 11.8 Å². The fraction of sp³-hybridized carbons (Fsp3) is 0.529. The van der Waals surface area contributed by atoms with Gasteiger partial charge in [0.05, 0.1) is 0 Å². The highest BCUT2D eigenvalue weighted by atomic mass is 31.2. The number of aliphatic carboxylic acids is 2. The van der Waals surface area contributed by atoms with Crippen molar-refractivity contribution >= 4 is 19.5 Å². The van der Waals surface area contributed by atoms with E-state index in [0.717, 1.165) is 37.9 Å². The molecule has 27 heavy (non-hydrogen) atoms. The maximum atomic E-state index is 11.4. The largest absolute Gasteiger partial charge is 0.480 e. The van der Waals surface area contributed by atoms with E-state index in [0.29, 0.717) is 0 Å². The standard InChI is InChI=1S/C17H24NO8P/c1-2-13(18-9-3-4-10-18)11-5-7-12(8-6-11)26-14(16(19)20)15(17(21)22)27(23,24)25/h5-8,13-15H,2-4,9-10H2,1H3,(H,19,20)(H,21,22)(H2,23,24,25). The van der Waals surface area contributed by atoms with Gasteiger partial charge >= 0.3 is 19.5 Å². The van der Waals surface area contributed by atoms with Crippen molar-refractivity contribution in [3.8, 4) is 5.75 Å². The number of carboxylic acid groups (broad SMARTS) is 2. The molecule has 1 aromatic carbocycles. The van der Waals surface area contributed by atoms with Gasteiger partial charge in [-0.15, -0.1) is 0 Å². The number of hydrogen-bond donors (Lipinski definition) is 4. The minimum absolute atomic E-state index is 0.0297. The van der Waals surface area contributed by atoms with E-state index in [1.165, 1.54) is 12.1 Å². The number of nitrogens with zero attached hydrogens (tertiary/aromatic N) is 1. The Labute approximate surface area is 156 Å². The smallest absolute Gasteiger partial charge is 0.346 e. The second-order valence-electron chi connectivity index (χ2n) is 6.49. The van der Waals surface area contributed by atoms with Crippen molar-refractivity contribution in [1.29, 1.82) is 0 Å². The predicted molar refractivity (Wildman–Crippen MR) is 95.8 cm³/mol. The summed E-state index contributed by atoms with van der Waals surface area (Å²) in [6.45, 7) is 4.10. The summed E-state index contributed by atoms with van der Waals surface area (Å²) in [4.78, 5) is 43.3. The van der Waals surface area contributed by atoms with Crippen LogP contribution in [0.3, 0.4) is 0 Å². The molecule has 1 heterocycles. The highest BCUT2D eigenvalue weighted by Gasteiger charge is 2.48. The molecule has 0 aliphatic carbocycles. The second-order valence-corrected chi connectivity index (χ2v) is 8.22. The van der Waals surface area contributed by atoms with Crippen molar-refractivity contribution in [2.24, 2.45) is 0 Å². The number of carbonyl (C=O) groups is 2. The van der Waals surface area contributed by atoms with Gasteiger partial charge in [-0.2, -0.15) is 0 Å². The summed E-state index contributed by atoms with van der Waals surface area (Å²) in [5.74, 6) is -3.67. The van der Waals surface area contributed by atoms with Crippen LogP contribution in [0.25, 0.3) is 0 Å². The van der Waals surface area contributed by atoms with Crippen LogP contribution in [0, 0.1) is 0 Å². The van der Waals surface area contributed by atoms with Crippen molar-refractivity contribution in [2.45, 2.75) is 44.0 Å². The summed E-state index contributed by atoms with van der Waals surface area (Å²) < 4.78 is 16.5. The summed E-state index contributed by atoms with van der Waals surface area (Å²) in [6.07, 6.45) is 0.986. The van der Waals surface area contributed by atoms with Gasteiger partial charge in [0.2, 0.25) is 11.8 Å². The van der Waals surface area contributed by atoms with Crippen LogP contribution < -0.4 is 4.74 Å². The number of likely N-dealkylation sites (tertiary alicyclic amines) is 1. The molecule has 0 radical (unpaired) electrons. The zero-order chi connectivity index (χ0) is 20.2. The molecule has 3 atom stereocenters. The van der Waals surface area contributed by atoms with Gasteiger partial charge in [0.25, 0.3) is 0 Å². The summed E-state index contributed by atoms with van der Waals surface area (Å²) in [5, 5.41) is 18.2. The predicted octanol–water partition coefficient (Wildman–Crippen LogP) is 1.70. The number of carboxylic acids is 2. The molecule has 3 unspecified atom stereocenters.